The molecule has 3 aromatic rings. The molecule has 5 rings (SSSR count). The highest BCUT2D eigenvalue weighted by molar-refractivity contribution is 5.98. The minimum absolute atomic E-state index is 0.00636. The number of benzene rings is 2. The second-order valence-electron chi connectivity index (χ2n) is 10.1. The van der Waals surface area contributed by atoms with E-state index in [9.17, 15) is 19.7 Å². The Morgan fingerprint density at radius 1 is 1.14 bits per heavy atom. The SMILES string of the molecule is C=C1C(=O)N2CCc3c(n(C(=O)OC(C)(C)C)c4ccccc34)[C@H]2C[C@H]1c1ccc([N+](=O)[O-])cc1. The number of hydrogen-bond acceptors (Lipinski definition) is 5. The van der Waals surface area contributed by atoms with Crippen molar-refractivity contribution in [1.82, 2.24) is 9.47 Å². The smallest absolute Gasteiger partial charge is 0.419 e. The quantitative estimate of drug-likeness (QED) is 0.278. The maximum Gasteiger partial charge on any atom is 0.419 e. The summed E-state index contributed by atoms with van der Waals surface area (Å²) < 4.78 is 7.40. The van der Waals surface area contributed by atoms with Crippen LogP contribution in [0.3, 0.4) is 0 Å². The monoisotopic (exact) mass is 473 g/mol. The van der Waals surface area contributed by atoms with E-state index in [4.69, 9.17) is 4.74 Å². The number of amides is 1. The summed E-state index contributed by atoms with van der Waals surface area (Å²) in [5, 5.41) is 12.1. The summed E-state index contributed by atoms with van der Waals surface area (Å²) in [6.07, 6.45) is 0.679. The van der Waals surface area contributed by atoms with Crippen molar-refractivity contribution >= 4 is 28.6 Å². The van der Waals surface area contributed by atoms with Crippen molar-refractivity contribution in [3.8, 4) is 0 Å². The predicted molar refractivity (Wildman–Crippen MR) is 131 cm³/mol. The fourth-order valence-electron chi connectivity index (χ4n) is 5.33. The summed E-state index contributed by atoms with van der Waals surface area (Å²) in [6, 6.07) is 13.7. The number of nitro benzene ring substituents is 1. The number of non-ortho nitro benzene ring substituents is 1. The third-order valence-corrected chi connectivity index (χ3v) is 6.81. The summed E-state index contributed by atoms with van der Waals surface area (Å²) >= 11 is 0. The Labute approximate surface area is 202 Å². The van der Waals surface area contributed by atoms with Crippen molar-refractivity contribution in [2.45, 2.75) is 51.2 Å². The lowest BCUT2D eigenvalue weighted by Gasteiger charge is -2.43. The van der Waals surface area contributed by atoms with E-state index in [2.05, 4.69) is 6.58 Å². The van der Waals surface area contributed by atoms with Gasteiger partial charge < -0.3 is 9.64 Å². The minimum Gasteiger partial charge on any atom is -0.443 e. The Bertz CT molecular complexity index is 1380. The van der Waals surface area contributed by atoms with Crippen LogP contribution in [-0.2, 0) is 16.0 Å². The molecule has 1 amide bonds. The van der Waals surface area contributed by atoms with Crippen LogP contribution in [0.1, 0.15) is 56.0 Å². The van der Waals surface area contributed by atoms with Gasteiger partial charge in [-0.25, -0.2) is 9.36 Å². The van der Waals surface area contributed by atoms with Crippen LogP contribution >= 0.6 is 0 Å². The number of rotatable bonds is 2. The van der Waals surface area contributed by atoms with Crippen molar-refractivity contribution in [2.75, 3.05) is 6.54 Å². The fraction of sp³-hybridized carbons (Fsp3) is 0.333. The lowest BCUT2D eigenvalue weighted by Crippen LogP contribution is -2.46. The van der Waals surface area contributed by atoms with Gasteiger partial charge in [-0.3, -0.25) is 14.9 Å². The van der Waals surface area contributed by atoms with Gasteiger partial charge in [0.1, 0.15) is 5.60 Å². The van der Waals surface area contributed by atoms with Crippen LogP contribution in [0.5, 0.6) is 0 Å². The molecule has 2 aromatic carbocycles. The van der Waals surface area contributed by atoms with Crippen LogP contribution in [-0.4, -0.2) is 38.5 Å². The van der Waals surface area contributed by atoms with Gasteiger partial charge in [-0.1, -0.05) is 36.9 Å². The second-order valence-corrected chi connectivity index (χ2v) is 10.1. The maximum atomic E-state index is 13.4. The number of nitrogens with zero attached hydrogens (tertiary/aromatic N) is 3. The van der Waals surface area contributed by atoms with Gasteiger partial charge in [0.25, 0.3) is 5.69 Å². The summed E-state index contributed by atoms with van der Waals surface area (Å²) in [5.74, 6) is -0.475. The lowest BCUT2D eigenvalue weighted by molar-refractivity contribution is -0.384. The highest BCUT2D eigenvalue weighted by Crippen LogP contribution is 2.47. The third kappa shape index (κ3) is 3.79. The molecule has 8 heteroatoms. The Morgan fingerprint density at radius 2 is 1.83 bits per heavy atom. The van der Waals surface area contributed by atoms with Crippen LogP contribution in [0, 0.1) is 10.1 Å². The molecule has 2 aliphatic rings. The van der Waals surface area contributed by atoms with E-state index >= 15 is 0 Å². The fourth-order valence-corrected chi connectivity index (χ4v) is 5.33. The zero-order valence-electron chi connectivity index (χ0n) is 20.0. The van der Waals surface area contributed by atoms with Gasteiger partial charge in [-0.2, -0.15) is 0 Å². The van der Waals surface area contributed by atoms with Crippen LogP contribution in [0.25, 0.3) is 10.9 Å². The average molecular weight is 474 g/mol. The van der Waals surface area contributed by atoms with Gasteiger partial charge in [0.15, 0.2) is 0 Å². The van der Waals surface area contributed by atoms with Gasteiger partial charge in [0, 0.05) is 35.6 Å². The van der Waals surface area contributed by atoms with Crippen LogP contribution in [0.4, 0.5) is 10.5 Å². The maximum absolute atomic E-state index is 13.4. The highest BCUT2D eigenvalue weighted by atomic mass is 16.6. The van der Waals surface area contributed by atoms with Gasteiger partial charge in [-0.15, -0.1) is 0 Å². The number of para-hydroxylation sites is 1. The normalized spacial score (nSPS) is 19.9. The first-order valence-electron chi connectivity index (χ1n) is 11.7. The van der Waals surface area contributed by atoms with Crippen molar-refractivity contribution in [1.29, 1.82) is 0 Å². The molecule has 0 N–H and O–H groups in total. The number of piperidine rings is 1. The average Bonchev–Trinajstić information content (AvgIpc) is 3.15. The summed E-state index contributed by atoms with van der Waals surface area (Å²) in [7, 11) is 0. The Kier molecular flexibility index (Phi) is 5.27. The van der Waals surface area contributed by atoms with E-state index in [1.165, 1.54) is 12.1 Å². The summed E-state index contributed by atoms with van der Waals surface area (Å²) in [5.41, 5.74) is 3.15. The third-order valence-electron chi connectivity index (χ3n) is 6.81. The molecule has 1 fully saturated rings. The zero-order valence-corrected chi connectivity index (χ0v) is 20.0. The van der Waals surface area contributed by atoms with E-state index in [1.54, 1.807) is 21.6 Å². The van der Waals surface area contributed by atoms with Crippen molar-refractivity contribution < 1.29 is 19.2 Å². The molecular formula is C27H27N3O5. The van der Waals surface area contributed by atoms with Gasteiger partial charge in [0.05, 0.1) is 22.2 Å². The molecule has 2 atom stereocenters. The minimum atomic E-state index is -0.679. The van der Waals surface area contributed by atoms with Gasteiger partial charge in [0.2, 0.25) is 5.91 Å². The molecule has 0 bridgehead atoms. The van der Waals surface area contributed by atoms with E-state index < -0.39 is 16.6 Å². The van der Waals surface area contributed by atoms with Crippen LogP contribution in [0.15, 0.2) is 60.7 Å². The number of carbonyl (C=O) groups excluding carboxylic acids is 2. The Balaban J connectivity index is 1.63. The topological polar surface area (TPSA) is 94.7 Å². The van der Waals surface area contributed by atoms with Gasteiger partial charge >= 0.3 is 6.09 Å². The van der Waals surface area contributed by atoms with Crippen molar-refractivity contribution in [3.63, 3.8) is 0 Å². The number of aromatic nitrogens is 1. The molecule has 3 heterocycles. The van der Waals surface area contributed by atoms with Crippen molar-refractivity contribution in [2.24, 2.45) is 0 Å². The molecule has 0 aliphatic carbocycles. The highest BCUT2D eigenvalue weighted by Gasteiger charge is 2.44. The molecule has 0 unspecified atom stereocenters. The zero-order chi connectivity index (χ0) is 25.1. The largest absolute Gasteiger partial charge is 0.443 e. The van der Waals surface area contributed by atoms with E-state index in [0.717, 1.165) is 27.7 Å². The first-order valence-corrected chi connectivity index (χ1v) is 11.7. The predicted octanol–water partition coefficient (Wildman–Crippen LogP) is 5.50. The van der Waals surface area contributed by atoms with E-state index in [-0.39, 0.29) is 23.6 Å². The van der Waals surface area contributed by atoms with E-state index in [1.807, 2.05) is 45.0 Å². The molecule has 8 nitrogen and oxygen atoms in total. The van der Waals surface area contributed by atoms with Crippen LogP contribution < -0.4 is 0 Å². The Morgan fingerprint density at radius 3 is 2.49 bits per heavy atom. The first kappa shape index (κ1) is 22.8. The first-order chi connectivity index (χ1) is 16.6. The summed E-state index contributed by atoms with van der Waals surface area (Å²) in [4.78, 5) is 39.3. The number of hydrogen-bond donors (Lipinski definition) is 0. The summed E-state index contributed by atoms with van der Waals surface area (Å²) in [6.45, 7) is 10.1. The molecule has 0 saturated carbocycles. The molecule has 2 aliphatic heterocycles. The molecule has 0 spiro atoms. The number of nitro groups is 1. The van der Waals surface area contributed by atoms with E-state index in [0.29, 0.717) is 25.0 Å². The second kappa shape index (κ2) is 8.08. The molecular weight excluding hydrogens is 446 g/mol. The number of ether oxygens (including phenoxy) is 1. The van der Waals surface area contributed by atoms with Gasteiger partial charge in [-0.05, 0) is 50.8 Å². The van der Waals surface area contributed by atoms with Crippen molar-refractivity contribution in [3.05, 3.63) is 87.6 Å². The molecule has 180 valence electrons. The Hall–Kier alpha value is -3.94. The molecule has 1 saturated heterocycles. The molecule has 1 aromatic heterocycles. The molecule has 35 heavy (non-hydrogen) atoms. The molecule has 0 radical (unpaired) electrons. The number of carbonyl (C=O) groups is 2. The number of fused-ring (bicyclic) bond motifs is 5. The lowest BCUT2D eigenvalue weighted by atomic mass is 9.78. The van der Waals surface area contributed by atoms with Crippen LogP contribution in [0.2, 0.25) is 0 Å². The standard InChI is InChI=1S/C27H27N3O5/c1-16-21(17-9-11-18(12-10-17)30(33)34)15-23-24-20(13-14-28(23)25(16)31)19-7-5-6-8-22(19)29(24)26(32)35-27(2,3)4/h5-12,21,23H,1,13-15H2,2-4H3/t21-,23-/m1/s1.